The lowest BCUT2D eigenvalue weighted by atomic mass is 9.87. The number of aromatic amines is 1. The molecule has 2 atom stereocenters. The van der Waals surface area contributed by atoms with Gasteiger partial charge in [0.15, 0.2) is 0 Å². The number of aliphatic hydroxyl groups excluding tert-OH is 1. The van der Waals surface area contributed by atoms with E-state index in [0.29, 0.717) is 18.2 Å². The number of nitrogens with one attached hydrogen (secondary N) is 2. The van der Waals surface area contributed by atoms with Crippen LogP contribution in [0.15, 0.2) is 6.07 Å². The molecule has 1 saturated carbocycles. The molecule has 0 aliphatic heterocycles. The summed E-state index contributed by atoms with van der Waals surface area (Å²) in [5.74, 6) is 0.258. The van der Waals surface area contributed by atoms with E-state index >= 15 is 0 Å². The Kier molecular flexibility index (Phi) is 4.36. The third-order valence-electron chi connectivity index (χ3n) is 3.55. The van der Waals surface area contributed by atoms with Crippen molar-refractivity contribution in [2.75, 3.05) is 6.54 Å². The summed E-state index contributed by atoms with van der Waals surface area (Å²) in [6, 6.07) is 1.78. The molecule has 1 aliphatic carbocycles. The van der Waals surface area contributed by atoms with Gasteiger partial charge in [-0.25, -0.2) is 0 Å². The minimum Gasteiger partial charge on any atom is -0.393 e. The second-order valence-corrected chi connectivity index (χ2v) is 5.03. The van der Waals surface area contributed by atoms with Gasteiger partial charge >= 0.3 is 0 Å². The van der Waals surface area contributed by atoms with Gasteiger partial charge in [0.25, 0.3) is 5.91 Å². The van der Waals surface area contributed by atoms with Gasteiger partial charge in [-0.2, -0.15) is 5.10 Å². The van der Waals surface area contributed by atoms with Gasteiger partial charge in [-0.1, -0.05) is 13.3 Å². The SMILES string of the molecule is CCc1cc(C(=O)NCC2CCCC(O)C2)n[nH]1. The van der Waals surface area contributed by atoms with E-state index in [0.717, 1.165) is 37.8 Å². The molecule has 1 heterocycles. The summed E-state index contributed by atoms with van der Waals surface area (Å²) < 4.78 is 0. The van der Waals surface area contributed by atoms with Gasteiger partial charge in [0.05, 0.1) is 6.10 Å². The molecule has 1 amide bonds. The summed E-state index contributed by atoms with van der Waals surface area (Å²) in [4.78, 5) is 11.8. The number of aryl methyl sites for hydroxylation is 1. The normalized spacial score (nSPS) is 23.9. The van der Waals surface area contributed by atoms with E-state index in [4.69, 9.17) is 0 Å². The Hall–Kier alpha value is -1.36. The smallest absolute Gasteiger partial charge is 0.271 e. The Labute approximate surface area is 107 Å². The van der Waals surface area contributed by atoms with Gasteiger partial charge in [0.2, 0.25) is 0 Å². The molecular weight excluding hydrogens is 230 g/mol. The van der Waals surface area contributed by atoms with Crippen molar-refractivity contribution in [1.29, 1.82) is 0 Å². The van der Waals surface area contributed by atoms with Crippen molar-refractivity contribution >= 4 is 5.91 Å². The van der Waals surface area contributed by atoms with Gasteiger partial charge in [-0.15, -0.1) is 0 Å². The molecule has 0 bridgehead atoms. The molecule has 18 heavy (non-hydrogen) atoms. The zero-order valence-corrected chi connectivity index (χ0v) is 10.8. The standard InChI is InChI=1S/C13H21N3O2/c1-2-10-7-12(16-15-10)13(18)14-8-9-4-3-5-11(17)6-9/h7,9,11,17H,2-6,8H2,1H3,(H,14,18)(H,15,16). The summed E-state index contributed by atoms with van der Waals surface area (Å²) in [5, 5.41) is 19.3. The lowest BCUT2D eigenvalue weighted by Gasteiger charge is -2.25. The first-order valence-electron chi connectivity index (χ1n) is 6.69. The summed E-state index contributed by atoms with van der Waals surface area (Å²) >= 11 is 0. The molecule has 1 aliphatic rings. The molecule has 0 radical (unpaired) electrons. The second-order valence-electron chi connectivity index (χ2n) is 5.03. The van der Waals surface area contributed by atoms with E-state index in [1.54, 1.807) is 6.07 Å². The van der Waals surface area contributed by atoms with Crippen LogP contribution in [0.4, 0.5) is 0 Å². The zero-order chi connectivity index (χ0) is 13.0. The predicted molar refractivity (Wildman–Crippen MR) is 68.3 cm³/mol. The van der Waals surface area contributed by atoms with Crippen LogP contribution in [0.25, 0.3) is 0 Å². The first-order chi connectivity index (χ1) is 8.69. The van der Waals surface area contributed by atoms with Gasteiger partial charge in [-0.05, 0) is 37.7 Å². The van der Waals surface area contributed by atoms with E-state index in [9.17, 15) is 9.90 Å². The average Bonchev–Trinajstić information content (AvgIpc) is 2.85. The molecule has 1 fully saturated rings. The quantitative estimate of drug-likeness (QED) is 0.753. The number of rotatable bonds is 4. The van der Waals surface area contributed by atoms with Crippen molar-refractivity contribution in [3.8, 4) is 0 Å². The number of carbonyl (C=O) groups is 1. The Morgan fingerprint density at radius 3 is 3.11 bits per heavy atom. The van der Waals surface area contributed by atoms with Crippen LogP contribution in [0.1, 0.15) is 48.8 Å². The largest absolute Gasteiger partial charge is 0.393 e. The second kappa shape index (κ2) is 6.00. The predicted octanol–water partition coefficient (Wildman–Crippen LogP) is 1.25. The summed E-state index contributed by atoms with van der Waals surface area (Å²) in [6.45, 7) is 2.64. The summed E-state index contributed by atoms with van der Waals surface area (Å²) in [7, 11) is 0. The van der Waals surface area contributed by atoms with Crippen LogP contribution < -0.4 is 5.32 Å². The molecule has 1 aromatic heterocycles. The number of hydrogen-bond donors (Lipinski definition) is 3. The van der Waals surface area contributed by atoms with E-state index < -0.39 is 0 Å². The van der Waals surface area contributed by atoms with Gasteiger partial charge in [0, 0.05) is 12.2 Å². The maximum absolute atomic E-state index is 11.8. The number of amides is 1. The first-order valence-corrected chi connectivity index (χ1v) is 6.69. The first kappa shape index (κ1) is 13.1. The Morgan fingerprint density at radius 2 is 2.44 bits per heavy atom. The molecule has 1 aromatic rings. The van der Waals surface area contributed by atoms with Crippen molar-refractivity contribution in [2.24, 2.45) is 5.92 Å². The molecule has 0 saturated heterocycles. The molecule has 5 nitrogen and oxygen atoms in total. The van der Waals surface area contributed by atoms with E-state index in [1.165, 1.54) is 0 Å². The van der Waals surface area contributed by atoms with Crippen LogP contribution in [0.2, 0.25) is 0 Å². The lowest BCUT2D eigenvalue weighted by molar-refractivity contribution is 0.0870. The van der Waals surface area contributed by atoms with Gasteiger partial charge in [0.1, 0.15) is 5.69 Å². The number of carbonyl (C=O) groups excluding carboxylic acids is 1. The maximum atomic E-state index is 11.8. The minimum absolute atomic E-state index is 0.133. The van der Waals surface area contributed by atoms with Crippen molar-refractivity contribution < 1.29 is 9.90 Å². The highest BCUT2D eigenvalue weighted by atomic mass is 16.3. The minimum atomic E-state index is -0.197. The van der Waals surface area contributed by atoms with Crippen LogP contribution in [-0.2, 0) is 6.42 Å². The average molecular weight is 251 g/mol. The number of H-pyrrole nitrogens is 1. The van der Waals surface area contributed by atoms with Crippen LogP contribution in [-0.4, -0.2) is 33.9 Å². The number of aliphatic hydroxyl groups is 1. The fourth-order valence-corrected chi connectivity index (χ4v) is 2.43. The molecule has 0 spiro atoms. The van der Waals surface area contributed by atoms with Gasteiger partial charge in [-0.3, -0.25) is 9.89 Å². The fraction of sp³-hybridized carbons (Fsp3) is 0.692. The molecule has 5 heteroatoms. The number of nitrogens with zero attached hydrogens (tertiary/aromatic N) is 1. The number of hydrogen-bond acceptors (Lipinski definition) is 3. The molecular formula is C13H21N3O2. The summed E-state index contributed by atoms with van der Waals surface area (Å²) in [6.07, 6.45) is 4.46. The fourth-order valence-electron chi connectivity index (χ4n) is 2.43. The molecule has 3 N–H and O–H groups in total. The molecule has 100 valence electrons. The molecule has 2 unspecified atom stereocenters. The Balaban J connectivity index is 1.80. The molecule has 0 aromatic carbocycles. The monoisotopic (exact) mass is 251 g/mol. The highest BCUT2D eigenvalue weighted by Crippen LogP contribution is 2.23. The molecule has 2 rings (SSSR count). The van der Waals surface area contributed by atoms with Crippen LogP contribution in [0.3, 0.4) is 0 Å². The Bertz CT molecular complexity index is 403. The Morgan fingerprint density at radius 1 is 1.61 bits per heavy atom. The van der Waals surface area contributed by atoms with Crippen LogP contribution in [0, 0.1) is 5.92 Å². The summed E-state index contributed by atoms with van der Waals surface area (Å²) in [5.41, 5.74) is 1.41. The van der Waals surface area contributed by atoms with E-state index in [2.05, 4.69) is 15.5 Å². The van der Waals surface area contributed by atoms with Crippen molar-refractivity contribution in [3.63, 3.8) is 0 Å². The number of aromatic nitrogens is 2. The van der Waals surface area contributed by atoms with E-state index in [-0.39, 0.29) is 12.0 Å². The van der Waals surface area contributed by atoms with Gasteiger partial charge < -0.3 is 10.4 Å². The highest BCUT2D eigenvalue weighted by Gasteiger charge is 2.21. The van der Waals surface area contributed by atoms with E-state index in [1.807, 2.05) is 6.92 Å². The highest BCUT2D eigenvalue weighted by molar-refractivity contribution is 5.92. The lowest BCUT2D eigenvalue weighted by Crippen LogP contribution is -2.33. The van der Waals surface area contributed by atoms with Crippen LogP contribution >= 0.6 is 0 Å². The zero-order valence-electron chi connectivity index (χ0n) is 10.8. The maximum Gasteiger partial charge on any atom is 0.271 e. The van der Waals surface area contributed by atoms with Crippen molar-refractivity contribution in [1.82, 2.24) is 15.5 Å². The third-order valence-corrected chi connectivity index (χ3v) is 3.55. The third kappa shape index (κ3) is 3.32. The van der Waals surface area contributed by atoms with Crippen LogP contribution in [0.5, 0.6) is 0 Å². The van der Waals surface area contributed by atoms with Crippen molar-refractivity contribution in [3.05, 3.63) is 17.5 Å². The topological polar surface area (TPSA) is 78.0 Å². The van der Waals surface area contributed by atoms with Crippen molar-refractivity contribution in [2.45, 2.75) is 45.1 Å².